The number of rotatable bonds is 8. The van der Waals surface area contributed by atoms with Crippen molar-refractivity contribution in [3.05, 3.63) is 83.7 Å². The number of hydrazone groups is 1. The standard InChI is InChI=1S/C25H23FN4O5/c1-16-4-3-5-20(12-16)28-23(31)15-35-21-11-6-17(13-22(21)34-2)14-27-30-25(33)24(32)29-19-9-7-18(26)8-10-19/h3-14H,15H2,1-2H3,(H,28,31)(H,29,32)(H,30,33)/b27-14-. The summed E-state index contributed by atoms with van der Waals surface area (Å²) in [6.07, 6.45) is 1.31. The lowest BCUT2D eigenvalue weighted by atomic mass is 10.2. The van der Waals surface area contributed by atoms with Gasteiger partial charge in [-0.1, -0.05) is 12.1 Å². The van der Waals surface area contributed by atoms with Crippen LogP contribution in [0.1, 0.15) is 11.1 Å². The first kappa shape index (κ1) is 24.9. The van der Waals surface area contributed by atoms with Crippen molar-refractivity contribution in [2.24, 2.45) is 5.10 Å². The van der Waals surface area contributed by atoms with E-state index in [0.29, 0.717) is 22.7 Å². The van der Waals surface area contributed by atoms with E-state index >= 15 is 0 Å². The van der Waals surface area contributed by atoms with Crippen LogP contribution in [-0.4, -0.2) is 37.7 Å². The molecule has 10 heteroatoms. The van der Waals surface area contributed by atoms with E-state index in [0.717, 1.165) is 17.7 Å². The molecule has 0 aromatic heterocycles. The number of aryl methyl sites for hydroxylation is 1. The highest BCUT2D eigenvalue weighted by atomic mass is 19.1. The summed E-state index contributed by atoms with van der Waals surface area (Å²) in [6.45, 7) is 1.70. The van der Waals surface area contributed by atoms with Crippen LogP contribution in [0.25, 0.3) is 0 Å². The van der Waals surface area contributed by atoms with Gasteiger partial charge in [-0.3, -0.25) is 14.4 Å². The molecule has 0 saturated carbocycles. The molecule has 3 amide bonds. The van der Waals surface area contributed by atoms with Gasteiger partial charge in [-0.25, -0.2) is 9.82 Å². The predicted octanol–water partition coefficient (Wildman–Crippen LogP) is 3.25. The number of carbonyl (C=O) groups is 3. The third-order valence-corrected chi connectivity index (χ3v) is 4.54. The van der Waals surface area contributed by atoms with E-state index in [1.807, 2.05) is 25.1 Å². The van der Waals surface area contributed by atoms with Crippen LogP contribution < -0.4 is 25.5 Å². The Balaban J connectivity index is 1.52. The maximum Gasteiger partial charge on any atom is 0.329 e. The van der Waals surface area contributed by atoms with Crippen LogP contribution >= 0.6 is 0 Å². The molecule has 3 aromatic rings. The zero-order valence-corrected chi connectivity index (χ0v) is 19.0. The lowest BCUT2D eigenvalue weighted by Crippen LogP contribution is -2.32. The highest BCUT2D eigenvalue weighted by Gasteiger charge is 2.13. The summed E-state index contributed by atoms with van der Waals surface area (Å²) < 4.78 is 23.8. The first-order valence-electron chi connectivity index (χ1n) is 10.4. The van der Waals surface area contributed by atoms with Crippen molar-refractivity contribution in [3.8, 4) is 11.5 Å². The molecular weight excluding hydrogens is 455 g/mol. The van der Waals surface area contributed by atoms with Crippen molar-refractivity contribution in [1.29, 1.82) is 0 Å². The summed E-state index contributed by atoms with van der Waals surface area (Å²) in [5.74, 6) is -2.07. The minimum absolute atomic E-state index is 0.225. The maximum atomic E-state index is 12.9. The Hall–Kier alpha value is -4.73. The monoisotopic (exact) mass is 478 g/mol. The van der Waals surface area contributed by atoms with Crippen molar-refractivity contribution in [3.63, 3.8) is 0 Å². The summed E-state index contributed by atoms with van der Waals surface area (Å²) in [5, 5.41) is 8.82. The Morgan fingerprint density at radius 3 is 2.40 bits per heavy atom. The molecule has 0 fully saturated rings. The van der Waals surface area contributed by atoms with Crippen molar-refractivity contribution < 1.29 is 28.2 Å². The number of nitrogens with one attached hydrogen (secondary N) is 3. The average Bonchev–Trinajstić information content (AvgIpc) is 2.84. The second kappa shape index (κ2) is 11.9. The number of amides is 3. The third-order valence-electron chi connectivity index (χ3n) is 4.54. The van der Waals surface area contributed by atoms with Crippen LogP contribution in [0.3, 0.4) is 0 Å². The van der Waals surface area contributed by atoms with Gasteiger partial charge in [0.25, 0.3) is 5.91 Å². The summed E-state index contributed by atoms with van der Waals surface area (Å²) in [7, 11) is 1.44. The number of ether oxygens (including phenoxy) is 2. The molecule has 0 unspecified atom stereocenters. The second-order valence-corrected chi connectivity index (χ2v) is 7.28. The number of hydrogen-bond donors (Lipinski definition) is 3. The number of halogens is 1. The molecule has 3 N–H and O–H groups in total. The van der Waals surface area contributed by atoms with E-state index < -0.39 is 17.6 Å². The number of hydrogen-bond acceptors (Lipinski definition) is 6. The first-order valence-corrected chi connectivity index (χ1v) is 10.4. The summed E-state index contributed by atoms with van der Waals surface area (Å²) in [4.78, 5) is 35.9. The average molecular weight is 478 g/mol. The number of methoxy groups -OCH3 is 1. The number of carbonyl (C=O) groups excluding carboxylic acids is 3. The van der Waals surface area contributed by atoms with Crippen molar-refractivity contribution in [1.82, 2.24) is 5.43 Å². The molecule has 0 atom stereocenters. The largest absolute Gasteiger partial charge is 0.493 e. The molecule has 0 aliphatic heterocycles. The predicted molar refractivity (Wildman–Crippen MR) is 129 cm³/mol. The molecule has 3 rings (SSSR count). The van der Waals surface area contributed by atoms with Crippen LogP contribution in [0.5, 0.6) is 11.5 Å². The normalized spacial score (nSPS) is 10.5. The maximum absolute atomic E-state index is 12.9. The third kappa shape index (κ3) is 7.67. The molecule has 9 nitrogen and oxygen atoms in total. The lowest BCUT2D eigenvalue weighted by Gasteiger charge is -2.11. The minimum atomic E-state index is -1.00. The second-order valence-electron chi connectivity index (χ2n) is 7.28. The van der Waals surface area contributed by atoms with Gasteiger partial charge in [0.1, 0.15) is 5.82 Å². The lowest BCUT2D eigenvalue weighted by molar-refractivity contribution is -0.136. The molecule has 180 valence electrons. The molecule has 0 aliphatic rings. The van der Waals surface area contributed by atoms with E-state index in [1.54, 1.807) is 24.3 Å². The van der Waals surface area contributed by atoms with Gasteiger partial charge in [-0.2, -0.15) is 5.10 Å². The zero-order chi connectivity index (χ0) is 25.2. The van der Waals surface area contributed by atoms with Gasteiger partial charge in [0.2, 0.25) is 0 Å². The van der Waals surface area contributed by atoms with Gasteiger partial charge in [0, 0.05) is 11.4 Å². The Kier molecular flexibility index (Phi) is 8.49. The van der Waals surface area contributed by atoms with Gasteiger partial charge < -0.3 is 20.1 Å². The summed E-state index contributed by atoms with van der Waals surface area (Å²) in [6, 6.07) is 17.2. The Labute approximate surface area is 200 Å². The molecule has 0 heterocycles. The van der Waals surface area contributed by atoms with Gasteiger partial charge in [-0.05, 0) is 72.6 Å². The Morgan fingerprint density at radius 1 is 0.914 bits per heavy atom. The summed E-state index contributed by atoms with van der Waals surface area (Å²) in [5.41, 5.74) is 4.60. The molecule has 0 saturated heterocycles. The molecule has 3 aromatic carbocycles. The van der Waals surface area contributed by atoms with Crippen LogP contribution in [0.2, 0.25) is 0 Å². The SMILES string of the molecule is COc1cc(/C=N\NC(=O)C(=O)Nc2ccc(F)cc2)ccc1OCC(=O)Nc1cccc(C)c1. The van der Waals surface area contributed by atoms with Gasteiger partial charge >= 0.3 is 11.8 Å². The molecule has 35 heavy (non-hydrogen) atoms. The van der Waals surface area contributed by atoms with E-state index in [1.165, 1.54) is 25.5 Å². The summed E-state index contributed by atoms with van der Waals surface area (Å²) >= 11 is 0. The highest BCUT2D eigenvalue weighted by Crippen LogP contribution is 2.27. The van der Waals surface area contributed by atoms with Gasteiger partial charge in [0.15, 0.2) is 18.1 Å². The van der Waals surface area contributed by atoms with Crippen LogP contribution in [0.4, 0.5) is 15.8 Å². The van der Waals surface area contributed by atoms with Gasteiger partial charge in [0.05, 0.1) is 13.3 Å². The molecule has 0 spiro atoms. The van der Waals surface area contributed by atoms with Crippen molar-refractivity contribution >= 4 is 35.3 Å². The number of benzene rings is 3. The van der Waals surface area contributed by atoms with E-state index in [-0.39, 0.29) is 18.2 Å². The molecule has 0 bridgehead atoms. The highest BCUT2D eigenvalue weighted by molar-refractivity contribution is 6.39. The van der Waals surface area contributed by atoms with Crippen LogP contribution in [-0.2, 0) is 14.4 Å². The van der Waals surface area contributed by atoms with E-state index in [2.05, 4.69) is 21.2 Å². The number of nitrogens with zero attached hydrogens (tertiary/aromatic N) is 1. The van der Waals surface area contributed by atoms with Crippen LogP contribution in [0.15, 0.2) is 71.8 Å². The van der Waals surface area contributed by atoms with Crippen molar-refractivity contribution in [2.75, 3.05) is 24.4 Å². The van der Waals surface area contributed by atoms with Crippen LogP contribution in [0, 0.1) is 12.7 Å². The number of anilines is 2. The smallest absolute Gasteiger partial charge is 0.329 e. The molecular formula is C25H23FN4O5. The molecule has 0 aliphatic carbocycles. The fourth-order valence-electron chi connectivity index (χ4n) is 2.88. The minimum Gasteiger partial charge on any atom is -0.493 e. The fourth-order valence-corrected chi connectivity index (χ4v) is 2.88. The molecule has 0 radical (unpaired) electrons. The van der Waals surface area contributed by atoms with E-state index in [9.17, 15) is 18.8 Å². The van der Waals surface area contributed by atoms with E-state index in [4.69, 9.17) is 9.47 Å². The Bertz CT molecular complexity index is 1240. The quantitative estimate of drug-likeness (QED) is 0.261. The zero-order valence-electron chi connectivity index (χ0n) is 19.0. The Morgan fingerprint density at radius 2 is 1.69 bits per heavy atom. The van der Waals surface area contributed by atoms with Crippen molar-refractivity contribution in [2.45, 2.75) is 6.92 Å². The topological polar surface area (TPSA) is 118 Å². The van der Waals surface area contributed by atoms with Gasteiger partial charge in [-0.15, -0.1) is 0 Å². The fraction of sp³-hybridized carbons (Fsp3) is 0.120. The first-order chi connectivity index (χ1) is 16.8.